The molecule has 2 heteroatoms. The van der Waals surface area contributed by atoms with Crippen LogP contribution in [0, 0.1) is 5.92 Å². The summed E-state index contributed by atoms with van der Waals surface area (Å²) in [5, 5.41) is 0. The van der Waals surface area contributed by atoms with E-state index >= 15 is 0 Å². The zero-order valence-corrected chi connectivity index (χ0v) is 9.82. The van der Waals surface area contributed by atoms with Crippen LogP contribution in [-0.2, 0) is 6.42 Å². The van der Waals surface area contributed by atoms with Gasteiger partial charge in [-0.3, -0.25) is 0 Å². The van der Waals surface area contributed by atoms with Crippen molar-refractivity contribution in [1.82, 2.24) is 4.90 Å². The second kappa shape index (κ2) is 6.59. The Hall–Kier alpha value is -0.860. The second-order valence-electron chi connectivity index (χ2n) is 4.34. The Balaban J connectivity index is 2.25. The summed E-state index contributed by atoms with van der Waals surface area (Å²) in [6.45, 7) is 5.16. The highest BCUT2D eigenvalue weighted by molar-refractivity contribution is 5.14. The monoisotopic (exact) mass is 206 g/mol. The van der Waals surface area contributed by atoms with Gasteiger partial charge in [0.1, 0.15) is 0 Å². The molecule has 0 bridgehead atoms. The molecule has 0 fully saturated rings. The Kier molecular flexibility index (Phi) is 5.37. The molecule has 1 aromatic rings. The Bertz CT molecular complexity index is 258. The molecule has 1 unspecified atom stereocenters. The summed E-state index contributed by atoms with van der Waals surface area (Å²) in [6, 6.07) is 10.6. The number of benzene rings is 1. The zero-order valence-electron chi connectivity index (χ0n) is 9.82. The lowest BCUT2D eigenvalue weighted by atomic mass is 10.1. The maximum absolute atomic E-state index is 5.60. The van der Waals surface area contributed by atoms with Gasteiger partial charge in [-0.25, -0.2) is 0 Å². The van der Waals surface area contributed by atoms with E-state index in [-0.39, 0.29) is 0 Å². The normalized spacial score (nSPS) is 13.1. The molecule has 0 saturated heterocycles. The predicted octanol–water partition coefficient (Wildman–Crippen LogP) is 1.76. The average Bonchev–Trinajstić information content (AvgIpc) is 2.27. The minimum absolute atomic E-state index is 0.589. The van der Waals surface area contributed by atoms with Gasteiger partial charge in [-0.15, -0.1) is 0 Å². The van der Waals surface area contributed by atoms with Gasteiger partial charge in [-0.1, -0.05) is 37.3 Å². The quantitative estimate of drug-likeness (QED) is 0.768. The number of nitrogens with two attached hydrogens (primary N) is 1. The molecule has 0 aliphatic carbocycles. The van der Waals surface area contributed by atoms with E-state index in [0.717, 1.165) is 26.1 Å². The van der Waals surface area contributed by atoms with Crippen molar-refractivity contribution in [2.75, 3.05) is 26.7 Å². The first-order chi connectivity index (χ1) is 7.22. The summed E-state index contributed by atoms with van der Waals surface area (Å²) in [6.07, 6.45) is 1.12. The standard InChI is InChI=1S/C13H22N2/c1-12(10-14)11-15(2)9-8-13-6-4-3-5-7-13/h3-7,12H,8-11,14H2,1-2H3. The molecule has 0 aromatic heterocycles. The highest BCUT2D eigenvalue weighted by Crippen LogP contribution is 2.02. The van der Waals surface area contributed by atoms with Crippen LogP contribution in [0.2, 0.25) is 0 Å². The van der Waals surface area contributed by atoms with Gasteiger partial charge in [0.05, 0.1) is 0 Å². The maximum atomic E-state index is 5.60. The fourth-order valence-electron chi connectivity index (χ4n) is 1.66. The molecule has 0 aliphatic heterocycles. The van der Waals surface area contributed by atoms with Crippen molar-refractivity contribution in [2.24, 2.45) is 11.7 Å². The number of nitrogens with zero attached hydrogens (tertiary/aromatic N) is 1. The first-order valence-corrected chi connectivity index (χ1v) is 5.65. The van der Waals surface area contributed by atoms with Crippen molar-refractivity contribution in [3.63, 3.8) is 0 Å². The molecule has 0 heterocycles. The summed E-state index contributed by atoms with van der Waals surface area (Å²) in [5.41, 5.74) is 7.01. The number of likely N-dealkylation sites (N-methyl/N-ethyl adjacent to an activating group) is 1. The van der Waals surface area contributed by atoms with E-state index < -0.39 is 0 Å². The maximum Gasteiger partial charge on any atom is 0.00189 e. The molecule has 0 radical (unpaired) electrons. The predicted molar refractivity (Wildman–Crippen MR) is 65.9 cm³/mol. The van der Waals surface area contributed by atoms with Crippen molar-refractivity contribution in [3.8, 4) is 0 Å². The van der Waals surface area contributed by atoms with Crippen molar-refractivity contribution >= 4 is 0 Å². The minimum atomic E-state index is 0.589. The Morgan fingerprint density at radius 1 is 1.27 bits per heavy atom. The average molecular weight is 206 g/mol. The van der Waals surface area contributed by atoms with Gasteiger partial charge in [-0.05, 0) is 31.5 Å². The highest BCUT2D eigenvalue weighted by atomic mass is 15.1. The van der Waals surface area contributed by atoms with Crippen LogP contribution in [0.25, 0.3) is 0 Å². The van der Waals surface area contributed by atoms with Crippen molar-refractivity contribution in [3.05, 3.63) is 35.9 Å². The fourth-order valence-corrected chi connectivity index (χ4v) is 1.66. The summed E-state index contributed by atoms with van der Waals surface area (Å²) >= 11 is 0. The van der Waals surface area contributed by atoms with Gasteiger partial charge in [0.25, 0.3) is 0 Å². The van der Waals surface area contributed by atoms with Gasteiger partial charge >= 0.3 is 0 Å². The van der Waals surface area contributed by atoms with E-state index in [1.165, 1.54) is 5.56 Å². The third-order valence-electron chi connectivity index (χ3n) is 2.65. The summed E-state index contributed by atoms with van der Waals surface area (Å²) in [5.74, 6) is 0.589. The molecule has 1 rings (SSSR count). The molecular weight excluding hydrogens is 184 g/mol. The van der Waals surface area contributed by atoms with E-state index in [4.69, 9.17) is 5.73 Å². The van der Waals surface area contributed by atoms with Crippen LogP contribution in [0.1, 0.15) is 12.5 Å². The summed E-state index contributed by atoms with van der Waals surface area (Å²) in [7, 11) is 2.16. The molecule has 15 heavy (non-hydrogen) atoms. The lowest BCUT2D eigenvalue weighted by Gasteiger charge is -2.20. The minimum Gasteiger partial charge on any atom is -0.330 e. The Morgan fingerprint density at radius 2 is 1.93 bits per heavy atom. The van der Waals surface area contributed by atoms with E-state index in [2.05, 4.69) is 49.2 Å². The lowest BCUT2D eigenvalue weighted by molar-refractivity contribution is 0.292. The first kappa shape index (κ1) is 12.2. The third-order valence-corrected chi connectivity index (χ3v) is 2.65. The van der Waals surface area contributed by atoms with Crippen LogP contribution in [0.15, 0.2) is 30.3 Å². The largest absolute Gasteiger partial charge is 0.330 e. The Morgan fingerprint density at radius 3 is 2.53 bits per heavy atom. The molecule has 2 nitrogen and oxygen atoms in total. The van der Waals surface area contributed by atoms with E-state index in [1.54, 1.807) is 0 Å². The SMILES string of the molecule is CC(CN)CN(C)CCc1ccccc1. The smallest absolute Gasteiger partial charge is 0.00189 e. The van der Waals surface area contributed by atoms with E-state index in [1.807, 2.05) is 0 Å². The van der Waals surface area contributed by atoms with Gasteiger partial charge in [-0.2, -0.15) is 0 Å². The summed E-state index contributed by atoms with van der Waals surface area (Å²) < 4.78 is 0. The molecule has 1 aromatic carbocycles. The fraction of sp³-hybridized carbons (Fsp3) is 0.538. The molecule has 0 amide bonds. The summed E-state index contributed by atoms with van der Waals surface area (Å²) in [4.78, 5) is 2.35. The first-order valence-electron chi connectivity index (χ1n) is 5.65. The molecular formula is C13H22N2. The second-order valence-corrected chi connectivity index (χ2v) is 4.34. The molecule has 0 saturated carbocycles. The van der Waals surface area contributed by atoms with Crippen molar-refractivity contribution in [2.45, 2.75) is 13.3 Å². The topological polar surface area (TPSA) is 29.3 Å². The molecule has 2 N–H and O–H groups in total. The van der Waals surface area contributed by atoms with Crippen molar-refractivity contribution < 1.29 is 0 Å². The van der Waals surface area contributed by atoms with Crippen LogP contribution in [0.3, 0.4) is 0 Å². The van der Waals surface area contributed by atoms with Crippen LogP contribution in [-0.4, -0.2) is 31.6 Å². The highest BCUT2D eigenvalue weighted by Gasteiger charge is 2.04. The van der Waals surface area contributed by atoms with Crippen LogP contribution in [0.4, 0.5) is 0 Å². The lowest BCUT2D eigenvalue weighted by Crippen LogP contribution is -2.29. The van der Waals surface area contributed by atoms with Crippen LogP contribution in [0.5, 0.6) is 0 Å². The van der Waals surface area contributed by atoms with Crippen LogP contribution >= 0.6 is 0 Å². The molecule has 84 valence electrons. The van der Waals surface area contributed by atoms with Gasteiger partial charge in [0, 0.05) is 13.1 Å². The van der Waals surface area contributed by atoms with Gasteiger partial charge in [0.2, 0.25) is 0 Å². The molecule has 1 atom stereocenters. The van der Waals surface area contributed by atoms with Gasteiger partial charge in [0.15, 0.2) is 0 Å². The van der Waals surface area contributed by atoms with Gasteiger partial charge < -0.3 is 10.6 Å². The third kappa shape index (κ3) is 4.96. The number of rotatable bonds is 6. The van der Waals surface area contributed by atoms with E-state index in [0.29, 0.717) is 5.92 Å². The molecule has 0 spiro atoms. The zero-order chi connectivity index (χ0) is 11.1. The van der Waals surface area contributed by atoms with Crippen molar-refractivity contribution in [1.29, 1.82) is 0 Å². The van der Waals surface area contributed by atoms with E-state index in [9.17, 15) is 0 Å². The van der Waals surface area contributed by atoms with Crippen LogP contribution < -0.4 is 5.73 Å². The number of hydrogen-bond donors (Lipinski definition) is 1. The number of hydrogen-bond acceptors (Lipinski definition) is 2. The Labute approximate surface area is 93.1 Å². The molecule has 0 aliphatic rings.